The van der Waals surface area contributed by atoms with Gasteiger partial charge in [0.1, 0.15) is 5.76 Å². The number of hydrogen-bond acceptors (Lipinski definition) is 8. The van der Waals surface area contributed by atoms with Gasteiger partial charge in [-0.1, -0.05) is 24.3 Å². The Kier molecular flexibility index (Phi) is 7.83. The van der Waals surface area contributed by atoms with Gasteiger partial charge in [-0.2, -0.15) is 8.42 Å². The SMILES string of the molecule is COc1cc(/C=C/C(=O)/C=C(O)/C=C/c2ccc(OS(=O)(=O)O)c(OC)c2)ccc1O. The number of aliphatic hydroxyl groups excluding tert-OH is 1. The van der Waals surface area contributed by atoms with E-state index in [4.69, 9.17) is 14.0 Å². The molecule has 0 amide bonds. The third-order valence-electron chi connectivity index (χ3n) is 3.76. The predicted molar refractivity (Wildman–Crippen MR) is 114 cm³/mol. The summed E-state index contributed by atoms with van der Waals surface area (Å²) in [4.78, 5) is 12.0. The van der Waals surface area contributed by atoms with E-state index in [0.717, 1.165) is 6.08 Å². The molecule has 3 N–H and O–H groups in total. The molecule has 0 spiro atoms. The number of aromatic hydroxyl groups is 1. The van der Waals surface area contributed by atoms with Crippen molar-refractivity contribution >= 4 is 28.3 Å². The van der Waals surface area contributed by atoms with E-state index < -0.39 is 16.2 Å². The summed E-state index contributed by atoms with van der Waals surface area (Å²) in [6.07, 6.45) is 6.44. The third-order valence-corrected chi connectivity index (χ3v) is 4.15. The van der Waals surface area contributed by atoms with Crippen LogP contribution in [0.15, 0.2) is 60.4 Å². The van der Waals surface area contributed by atoms with Crippen LogP contribution in [0.25, 0.3) is 12.2 Å². The molecule has 0 saturated heterocycles. The lowest BCUT2D eigenvalue weighted by Crippen LogP contribution is -2.07. The number of carbonyl (C=O) groups excluding carboxylic acids is 1. The number of benzene rings is 2. The fraction of sp³-hybridized carbons (Fsp3) is 0.0952. The molecule has 0 unspecified atom stereocenters. The fourth-order valence-corrected chi connectivity index (χ4v) is 2.73. The zero-order chi connectivity index (χ0) is 23.0. The summed E-state index contributed by atoms with van der Waals surface area (Å²) in [5.41, 5.74) is 1.12. The van der Waals surface area contributed by atoms with Crippen molar-refractivity contribution < 1.29 is 41.6 Å². The Hall–Kier alpha value is -3.76. The van der Waals surface area contributed by atoms with E-state index in [0.29, 0.717) is 11.1 Å². The van der Waals surface area contributed by atoms with E-state index in [2.05, 4.69) is 4.18 Å². The highest BCUT2D eigenvalue weighted by Crippen LogP contribution is 2.29. The Morgan fingerprint density at radius 3 is 2.10 bits per heavy atom. The predicted octanol–water partition coefficient (Wildman–Crippen LogP) is 3.33. The molecule has 9 nitrogen and oxygen atoms in total. The molecule has 0 radical (unpaired) electrons. The first-order valence-corrected chi connectivity index (χ1v) is 10.0. The maximum Gasteiger partial charge on any atom is 0.446 e. The maximum absolute atomic E-state index is 12.0. The lowest BCUT2D eigenvalue weighted by molar-refractivity contribution is -0.110. The van der Waals surface area contributed by atoms with Gasteiger partial charge in [0.2, 0.25) is 0 Å². The highest BCUT2D eigenvalue weighted by molar-refractivity contribution is 7.81. The molecule has 0 heterocycles. The zero-order valence-corrected chi connectivity index (χ0v) is 17.4. The second kappa shape index (κ2) is 10.3. The van der Waals surface area contributed by atoms with Gasteiger partial charge < -0.3 is 23.9 Å². The largest absolute Gasteiger partial charge is 0.508 e. The highest BCUT2D eigenvalue weighted by Gasteiger charge is 2.12. The number of phenols is 1. The van der Waals surface area contributed by atoms with Gasteiger partial charge in [-0.05, 0) is 47.5 Å². The van der Waals surface area contributed by atoms with Crippen molar-refractivity contribution in [3.63, 3.8) is 0 Å². The van der Waals surface area contributed by atoms with E-state index in [1.54, 1.807) is 12.1 Å². The summed E-state index contributed by atoms with van der Waals surface area (Å²) in [7, 11) is -2.01. The van der Waals surface area contributed by atoms with Crippen LogP contribution in [0.5, 0.6) is 23.0 Å². The molecule has 164 valence electrons. The second-order valence-corrected chi connectivity index (χ2v) is 7.01. The van der Waals surface area contributed by atoms with Gasteiger partial charge >= 0.3 is 10.4 Å². The first-order valence-electron chi connectivity index (χ1n) is 8.64. The quantitative estimate of drug-likeness (QED) is 0.228. The minimum atomic E-state index is -4.70. The Morgan fingerprint density at radius 1 is 0.903 bits per heavy atom. The number of hydrogen-bond donors (Lipinski definition) is 3. The van der Waals surface area contributed by atoms with Crippen molar-refractivity contribution in [1.29, 1.82) is 0 Å². The van der Waals surface area contributed by atoms with Gasteiger partial charge in [-0.3, -0.25) is 9.35 Å². The fourth-order valence-electron chi connectivity index (χ4n) is 2.37. The molecule has 2 rings (SSSR count). The Balaban J connectivity index is 2.09. The average Bonchev–Trinajstić information content (AvgIpc) is 2.71. The average molecular weight is 448 g/mol. The van der Waals surface area contributed by atoms with Crippen molar-refractivity contribution in [3.8, 4) is 23.0 Å². The van der Waals surface area contributed by atoms with Gasteiger partial charge in [-0.15, -0.1) is 0 Å². The van der Waals surface area contributed by atoms with Gasteiger partial charge in [0.05, 0.1) is 14.2 Å². The van der Waals surface area contributed by atoms with Crippen LogP contribution < -0.4 is 13.7 Å². The minimum absolute atomic E-state index is 0.0251. The molecule has 0 aliphatic rings. The van der Waals surface area contributed by atoms with Gasteiger partial charge in [0.15, 0.2) is 28.8 Å². The van der Waals surface area contributed by atoms with Crippen molar-refractivity contribution in [2.75, 3.05) is 14.2 Å². The molecule has 31 heavy (non-hydrogen) atoms. The molecule has 2 aromatic carbocycles. The van der Waals surface area contributed by atoms with Crippen molar-refractivity contribution in [3.05, 3.63) is 71.5 Å². The van der Waals surface area contributed by atoms with Crippen LogP contribution in [0, 0.1) is 0 Å². The number of ketones is 1. The first-order chi connectivity index (χ1) is 14.6. The normalized spacial score (nSPS) is 12.3. The first kappa shape index (κ1) is 23.5. The summed E-state index contributed by atoms with van der Waals surface area (Å²) in [6.45, 7) is 0. The summed E-state index contributed by atoms with van der Waals surface area (Å²) in [5.74, 6) is -0.749. The molecule has 2 aromatic rings. The summed E-state index contributed by atoms with van der Waals surface area (Å²) in [5, 5.41) is 19.5. The Labute approximate surface area is 179 Å². The summed E-state index contributed by atoms with van der Waals surface area (Å²) >= 11 is 0. The maximum atomic E-state index is 12.0. The second-order valence-electron chi connectivity index (χ2n) is 5.99. The molecule has 0 aliphatic heterocycles. The van der Waals surface area contributed by atoms with Crippen molar-refractivity contribution in [2.45, 2.75) is 0 Å². The lowest BCUT2D eigenvalue weighted by Gasteiger charge is -2.08. The van der Waals surface area contributed by atoms with Crippen LogP contribution in [0.2, 0.25) is 0 Å². The Morgan fingerprint density at radius 2 is 1.48 bits per heavy atom. The molecule has 0 aromatic heterocycles. The number of phenolic OH excluding ortho intramolecular Hbond substituents is 1. The number of rotatable bonds is 9. The molecular weight excluding hydrogens is 428 g/mol. The minimum Gasteiger partial charge on any atom is -0.508 e. The van der Waals surface area contributed by atoms with E-state index >= 15 is 0 Å². The number of aliphatic hydroxyl groups is 1. The van der Waals surface area contributed by atoms with Crippen LogP contribution in [-0.2, 0) is 15.2 Å². The van der Waals surface area contributed by atoms with Gasteiger partial charge in [0, 0.05) is 6.08 Å². The van der Waals surface area contributed by atoms with Gasteiger partial charge in [-0.25, -0.2) is 0 Å². The standard InChI is InChI=1S/C21H20O9S/c1-28-20-11-14(5-9-18(20)24)3-7-16(22)13-17(23)8-4-15-6-10-19(21(12-15)29-2)30-31(25,26)27/h3-13,23-24H,1-2H3,(H,25,26,27)/b7-3+,8-4+,17-13-. The van der Waals surface area contributed by atoms with Crippen molar-refractivity contribution in [1.82, 2.24) is 0 Å². The molecule has 0 atom stereocenters. The zero-order valence-electron chi connectivity index (χ0n) is 16.6. The molecule has 10 heteroatoms. The van der Waals surface area contributed by atoms with E-state index in [-0.39, 0.29) is 28.8 Å². The topological polar surface area (TPSA) is 140 Å². The molecule has 0 bridgehead atoms. The number of methoxy groups -OCH3 is 2. The summed E-state index contributed by atoms with van der Waals surface area (Å²) < 4.78 is 44.8. The lowest BCUT2D eigenvalue weighted by atomic mass is 10.1. The van der Waals surface area contributed by atoms with E-state index in [1.807, 2.05) is 0 Å². The van der Waals surface area contributed by atoms with Crippen LogP contribution in [0.4, 0.5) is 0 Å². The van der Waals surface area contributed by atoms with Crippen LogP contribution in [-0.4, -0.2) is 43.2 Å². The van der Waals surface area contributed by atoms with Crippen molar-refractivity contribution in [2.24, 2.45) is 0 Å². The van der Waals surface area contributed by atoms with Crippen LogP contribution in [0.1, 0.15) is 11.1 Å². The number of allylic oxidation sites excluding steroid dienone is 3. The molecule has 0 saturated carbocycles. The number of carbonyl (C=O) groups is 1. The van der Waals surface area contributed by atoms with Crippen LogP contribution in [0.3, 0.4) is 0 Å². The third kappa shape index (κ3) is 7.53. The molecule has 0 aliphatic carbocycles. The molecule has 0 fully saturated rings. The monoisotopic (exact) mass is 448 g/mol. The van der Waals surface area contributed by atoms with Crippen LogP contribution >= 0.6 is 0 Å². The number of ether oxygens (including phenoxy) is 2. The smallest absolute Gasteiger partial charge is 0.446 e. The Bertz CT molecular complexity index is 1150. The highest BCUT2D eigenvalue weighted by atomic mass is 32.3. The van der Waals surface area contributed by atoms with E-state index in [1.165, 1.54) is 62.8 Å². The van der Waals surface area contributed by atoms with E-state index in [9.17, 15) is 23.4 Å². The summed E-state index contributed by atoms with van der Waals surface area (Å²) in [6, 6.07) is 8.68. The van der Waals surface area contributed by atoms with Gasteiger partial charge in [0.25, 0.3) is 0 Å². The molecular formula is C21H20O9S.